The van der Waals surface area contributed by atoms with Gasteiger partial charge in [0.2, 0.25) is 0 Å². The maximum absolute atomic E-state index is 13.8. The molecule has 39 heavy (non-hydrogen) atoms. The van der Waals surface area contributed by atoms with Crippen molar-refractivity contribution in [3.05, 3.63) is 135 Å². The van der Waals surface area contributed by atoms with Crippen molar-refractivity contribution in [3.8, 4) is 5.69 Å². The van der Waals surface area contributed by atoms with Crippen LogP contribution in [0.5, 0.6) is 0 Å². The number of amides is 2. The summed E-state index contributed by atoms with van der Waals surface area (Å²) < 4.78 is 2.53. The van der Waals surface area contributed by atoms with Crippen LogP contribution in [0.25, 0.3) is 16.6 Å². The second-order valence-electron chi connectivity index (χ2n) is 9.45. The van der Waals surface area contributed by atoms with Crippen molar-refractivity contribution < 1.29 is 4.79 Å². The number of urea groups is 1. The van der Waals surface area contributed by atoms with Gasteiger partial charge in [-0.2, -0.15) is 0 Å². The zero-order chi connectivity index (χ0) is 27.4. The molecule has 0 radical (unpaired) electrons. The number of benzene rings is 4. The van der Waals surface area contributed by atoms with Crippen molar-refractivity contribution in [1.29, 1.82) is 0 Å². The average Bonchev–Trinajstić information content (AvgIpc) is 2.95. The Morgan fingerprint density at radius 1 is 0.923 bits per heavy atom. The smallest absolute Gasteiger partial charge is 0.314 e. The van der Waals surface area contributed by atoms with Gasteiger partial charge in [-0.1, -0.05) is 76.6 Å². The fraction of sp³-hybridized carbons (Fsp3) is 0.156. The summed E-state index contributed by atoms with van der Waals surface area (Å²) in [6.07, 6.45) is 0.655. The molecule has 7 heteroatoms. The third kappa shape index (κ3) is 5.78. The fourth-order valence-electron chi connectivity index (χ4n) is 4.67. The van der Waals surface area contributed by atoms with Gasteiger partial charge in [-0.3, -0.25) is 9.36 Å². The molecule has 0 aliphatic carbocycles. The highest BCUT2D eigenvalue weighted by Gasteiger charge is 2.27. The minimum Gasteiger partial charge on any atom is -0.314 e. The van der Waals surface area contributed by atoms with Gasteiger partial charge in [0.05, 0.1) is 22.6 Å². The van der Waals surface area contributed by atoms with Crippen LogP contribution in [-0.4, -0.2) is 27.0 Å². The van der Waals surface area contributed by atoms with Crippen LogP contribution in [0, 0.1) is 6.92 Å². The number of carbonyl (C=O) groups is 1. The van der Waals surface area contributed by atoms with Gasteiger partial charge in [-0.25, -0.2) is 9.78 Å². The zero-order valence-electron chi connectivity index (χ0n) is 21.8. The highest BCUT2D eigenvalue weighted by Crippen LogP contribution is 2.25. The van der Waals surface area contributed by atoms with E-state index in [1.165, 1.54) is 0 Å². The number of aromatic nitrogens is 2. The Morgan fingerprint density at radius 3 is 2.33 bits per heavy atom. The second kappa shape index (κ2) is 11.7. The molecule has 5 aromatic rings. The normalized spacial score (nSPS) is 11.8. The van der Waals surface area contributed by atoms with Gasteiger partial charge in [0, 0.05) is 16.7 Å². The van der Waals surface area contributed by atoms with Crippen molar-refractivity contribution >= 4 is 38.6 Å². The number of fused-ring (bicyclic) bond motifs is 1. The fourth-order valence-corrected chi connectivity index (χ4v) is 4.94. The third-order valence-corrected chi connectivity index (χ3v) is 7.39. The van der Waals surface area contributed by atoms with Crippen LogP contribution in [0.3, 0.4) is 0 Å². The largest absolute Gasteiger partial charge is 0.322 e. The predicted octanol–water partition coefficient (Wildman–Crippen LogP) is 7.29. The van der Waals surface area contributed by atoms with Gasteiger partial charge in [-0.05, 0) is 73.9 Å². The molecule has 0 spiro atoms. The van der Waals surface area contributed by atoms with Crippen LogP contribution in [0.2, 0.25) is 0 Å². The van der Waals surface area contributed by atoms with E-state index in [9.17, 15) is 9.59 Å². The molecule has 1 aromatic heterocycles. The van der Waals surface area contributed by atoms with E-state index in [1.54, 1.807) is 15.5 Å². The lowest BCUT2D eigenvalue weighted by Crippen LogP contribution is -2.41. The topological polar surface area (TPSA) is 67.2 Å². The molecular weight excluding hydrogens is 552 g/mol. The van der Waals surface area contributed by atoms with Crippen LogP contribution in [0.15, 0.2) is 112 Å². The Labute approximate surface area is 236 Å². The maximum Gasteiger partial charge on any atom is 0.322 e. The van der Waals surface area contributed by atoms with Crippen LogP contribution < -0.4 is 10.9 Å². The van der Waals surface area contributed by atoms with Gasteiger partial charge in [0.25, 0.3) is 5.56 Å². The van der Waals surface area contributed by atoms with Gasteiger partial charge < -0.3 is 10.2 Å². The molecule has 0 aliphatic rings. The Balaban J connectivity index is 1.61. The Hall–Kier alpha value is -4.23. The first kappa shape index (κ1) is 26.4. The number of para-hydroxylation sites is 2. The summed E-state index contributed by atoms with van der Waals surface area (Å²) in [6.45, 7) is 4.32. The average molecular weight is 582 g/mol. The van der Waals surface area contributed by atoms with E-state index in [0.717, 1.165) is 21.3 Å². The summed E-state index contributed by atoms with van der Waals surface area (Å²) in [5.41, 5.74) is 3.95. The van der Waals surface area contributed by atoms with Crippen molar-refractivity contribution in [2.45, 2.75) is 26.3 Å². The van der Waals surface area contributed by atoms with Gasteiger partial charge >= 0.3 is 6.03 Å². The van der Waals surface area contributed by atoms with E-state index >= 15 is 0 Å². The number of aryl methyl sites for hydroxylation is 1. The molecule has 4 aromatic carbocycles. The SMILES string of the molecule is Cc1ccccc1NC(=O)N(CCc1ccccc1)C(C)c1nc2ccccc2c(=O)n1-c1ccc(Br)cc1. The predicted molar refractivity (Wildman–Crippen MR) is 161 cm³/mol. The van der Waals surface area contributed by atoms with Crippen molar-refractivity contribution in [1.82, 2.24) is 14.5 Å². The summed E-state index contributed by atoms with van der Waals surface area (Å²) in [5, 5.41) is 3.61. The quantitative estimate of drug-likeness (QED) is 0.220. The van der Waals surface area contributed by atoms with Gasteiger partial charge in [0.15, 0.2) is 0 Å². The molecule has 1 unspecified atom stereocenters. The molecule has 0 saturated heterocycles. The van der Waals surface area contributed by atoms with Crippen LogP contribution >= 0.6 is 15.9 Å². The van der Waals surface area contributed by atoms with E-state index in [-0.39, 0.29) is 11.6 Å². The molecule has 0 saturated carbocycles. The minimum atomic E-state index is -0.515. The lowest BCUT2D eigenvalue weighted by Gasteiger charge is -2.31. The first-order valence-electron chi connectivity index (χ1n) is 12.9. The number of anilines is 1. The first-order valence-corrected chi connectivity index (χ1v) is 13.7. The van der Waals surface area contributed by atoms with Gasteiger partial charge in [0.1, 0.15) is 5.82 Å². The Bertz CT molecular complexity index is 1670. The molecule has 6 nitrogen and oxygen atoms in total. The third-order valence-electron chi connectivity index (χ3n) is 6.86. The lowest BCUT2D eigenvalue weighted by molar-refractivity contribution is 0.190. The molecule has 196 valence electrons. The van der Waals surface area contributed by atoms with E-state index in [4.69, 9.17) is 4.98 Å². The number of rotatable bonds is 7. The van der Waals surface area contributed by atoms with Crippen molar-refractivity contribution in [2.24, 2.45) is 0 Å². The van der Waals surface area contributed by atoms with E-state index < -0.39 is 6.04 Å². The Kier molecular flexibility index (Phi) is 7.89. The summed E-state index contributed by atoms with van der Waals surface area (Å²) in [4.78, 5) is 34.4. The van der Waals surface area contributed by atoms with E-state index in [1.807, 2.05) is 111 Å². The highest BCUT2D eigenvalue weighted by atomic mass is 79.9. The molecule has 1 atom stereocenters. The summed E-state index contributed by atoms with van der Waals surface area (Å²) >= 11 is 3.48. The van der Waals surface area contributed by atoms with Crippen LogP contribution in [0.1, 0.15) is 29.9 Å². The summed E-state index contributed by atoms with van der Waals surface area (Å²) in [7, 11) is 0. The number of nitrogens with zero attached hydrogens (tertiary/aromatic N) is 3. The van der Waals surface area contributed by atoms with E-state index in [2.05, 4.69) is 21.2 Å². The molecule has 5 rings (SSSR count). The number of carbonyl (C=O) groups excluding carboxylic acids is 1. The second-order valence-corrected chi connectivity index (χ2v) is 10.4. The van der Waals surface area contributed by atoms with Crippen molar-refractivity contribution in [2.75, 3.05) is 11.9 Å². The van der Waals surface area contributed by atoms with E-state index in [0.29, 0.717) is 35.4 Å². The zero-order valence-corrected chi connectivity index (χ0v) is 23.4. The molecule has 2 amide bonds. The highest BCUT2D eigenvalue weighted by molar-refractivity contribution is 9.10. The number of halogens is 1. The molecular formula is C32H29BrN4O2. The molecule has 1 heterocycles. The van der Waals surface area contributed by atoms with Gasteiger partial charge in [-0.15, -0.1) is 0 Å². The van der Waals surface area contributed by atoms with Crippen molar-refractivity contribution in [3.63, 3.8) is 0 Å². The maximum atomic E-state index is 13.8. The monoisotopic (exact) mass is 580 g/mol. The number of nitrogens with one attached hydrogen (secondary N) is 1. The molecule has 0 bridgehead atoms. The van der Waals surface area contributed by atoms with Crippen LogP contribution in [-0.2, 0) is 6.42 Å². The summed E-state index contributed by atoms with van der Waals surface area (Å²) in [5.74, 6) is 0.494. The molecule has 0 fully saturated rings. The number of hydrogen-bond donors (Lipinski definition) is 1. The van der Waals surface area contributed by atoms with Crippen LogP contribution in [0.4, 0.5) is 10.5 Å². The lowest BCUT2D eigenvalue weighted by atomic mass is 10.1. The molecule has 1 N–H and O–H groups in total. The number of hydrogen-bond acceptors (Lipinski definition) is 3. The standard InChI is InChI=1S/C32H29BrN4O2/c1-22-10-6-8-14-28(22)35-32(39)36(21-20-24-11-4-3-5-12-24)23(2)30-34-29-15-9-7-13-27(29)31(38)37(30)26-18-16-25(33)17-19-26/h3-19,23H,20-21H2,1-2H3,(H,35,39). The first-order chi connectivity index (χ1) is 18.9. The Morgan fingerprint density at radius 2 is 1.59 bits per heavy atom. The molecule has 0 aliphatic heterocycles. The summed E-state index contributed by atoms with van der Waals surface area (Å²) in [6, 6.07) is 31.8. The minimum absolute atomic E-state index is 0.174.